The Kier molecular flexibility index (Phi) is 2.44. The Morgan fingerprint density at radius 3 is 2.35 bits per heavy atom. The van der Waals surface area contributed by atoms with Crippen LogP contribution >= 0.6 is 10.5 Å². The van der Waals surface area contributed by atoms with Crippen LogP contribution in [0.1, 0.15) is 4.88 Å². The molecular formula is C16H11S+. The van der Waals surface area contributed by atoms with E-state index in [1.54, 1.807) is 0 Å². The zero-order chi connectivity index (χ0) is 11.7. The summed E-state index contributed by atoms with van der Waals surface area (Å²) in [6.07, 6.45) is 5.63. The molecule has 0 aliphatic heterocycles. The molecular weight excluding hydrogens is 224 g/mol. The Bertz CT molecular complexity index is 699. The molecule has 0 spiro atoms. The van der Waals surface area contributed by atoms with Gasteiger partial charge in [0.2, 0.25) is 4.88 Å². The lowest BCUT2D eigenvalue weighted by Crippen LogP contribution is -1.71. The number of hydrogen-bond acceptors (Lipinski definition) is 0. The number of terminal acetylenes is 1. The molecule has 0 N–H and O–H groups in total. The highest BCUT2D eigenvalue weighted by molar-refractivity contribution is 7.45. The van der Waals surface area contributed by atoms with Crippen molar-refractivity contribution < 1.29 is 0 Å². The summed E-state index contributed by atoms with van der Waals surface area (Å²) in [4.78, 5) is 2.37. The number of fused-ring (bicyclic) bond motifs is 1. The topological polar surface area (TPSA) is 0 Å². The molecule has 1 atom stereocenters. The zero-order valence-electron chi connectivity index (χ0n) is 9.26. The standard InChI is InChI=1S/C16H11S/c1-2-14-12-13-8-6-7-11-16(13)17(14)15-9-4-3-5-10-15/h1,3-12H/q+1. The normalized spacial score (nSPS) is 11.4. The van der Waals surface area contributed by atoms with Gasteiger partial charge in [0, 0.05) is 21.9 Å². The monoisotopic (exact) mass is 235 g/mol. The second-order valence-electron chi connectivity index (χ2n) is 3.81. The fourth-order valence-corrected chi connectivity index (χ4v) is 4.13. The molecule has 0 fully saturated rings. The van der Waals surface area contributed by atoms with Gasteiger partial charge in [-0.1, -0.05) is 30.3 Å². The Hall–Kier alpha value is -2.04. The first kappa shape index (κ1) is 10.1. The van der Waals surface area contributed by atoms with Crippen molar-refractivity contribution in [3.05, 3.63) is 65.5 Å². The van der Waals surface area contributed by atoms with Gasteiger partial charge in [-0.2, -0.15) is 0 Å². The molecule has 0 bridgehead atoms. The van der Waals surface area contributed by atoms with Crippen LogP contribution in [0.15, 0.2) is 60.7 Å². The van der Waals surface area contributed by atoms with Gasteiger partial charge in [0.05, 0.1) is 0 Å². The van der Waals surface area contributed by atoms with Gasteiger partial charge in [0.25, 0.3) is 0 Å². The van der Waals surface area contributed by atoms with E-state index < -0.39 is 0 Å². The van der Waals surface area contributed by atoms with Crippen molar-refractivity contribution in [3.63, 3.8) is 0 Å². The molecule has 0 nitrogen and oxygen atoms in total. The highest BCUT2D eigenvalue weighted by Gasteiger charge is 2.20. The maximum Gasteiger partial charge on any atom is 0.230 e. The highest BCUT2D eigenvalue weighted by atomic mass is 32.2. The lowest BCUT2D eigenvalue weighted by Gasteiger charge is -1.91. The van der Waals surface area contributed by atoms with Crippen molar-refractivity contribution in [2.75, 3.05) is 0 Å². The van der Waals surface area contributed by atoms with Crippen molar-refractivity contribution in [2.45, 2.75) is 0 Å². The van der Waals surface area contributed by atoms with Gasteiger partial charge in [-0.05, 0) is 30.2 Å². The fraction of sp³-hybridized carbons (Fsp3) is 0. The zero-order valence-corrected chi connectivity index (χ0v) is 10.1. The Morgan fingerprint density at radius 1 is 0.882 bits per heavy atom. The average molecular weight is 235 g/mol. The molecule has 0 saturated carbocycles. The van der Waals surface area contributed by atoms with Gasteiger partial charge in [-0.3, -0.25) is 0 Å². The third-order valence-electron chi connectivity index (χ3n) is 2.77. The van der Waals surface area contributed by atoms with Crippen molar-refractivity contribution in [2.24, 2.45) is 0 Å². The molecule has 3 rings (SSSR count). The van der Waals surface area contributed by atoms with Crippen LogP contribution in [0.25, 0.3) is 15.0 Å². The van der Waals surface area contributed by atoms with Gasteiger partial charge < -0.3 is 0 Å². The van der Waals surface area contributed by atoms with Crippen LogP contribution in [-0.2, 0) is 0 Å². The summed E-state index contributed by atoms with van der Waals surface area (Å²) in [7, 11) is -0.0784. The van der Waals surface area contributed by atoms with Crippen LogP contribution in [-0.4, -0.2) is 0 Å². The van der Waals surface area contributed by atoms with Crippen LogP contribution in [0.4, 0.5) is 0 Å². The molecule has 0 saturated heterocycles. The molecule has 1 unspecified atom stereocenters. The lowest BCUT2D eigenvalue weighted by molar-refractivity contribution is 1.76. The summed E-state index contributed by atoms with van der Waals surface area (Å²) in [6.45, 7) is 0. The number of thiophene rings is 1. The van der Waals surface area contributed by atoms with E-state index in [1.807, 2.05) is 6.07 Å². The molecule has 1 aromatic heterocycles. The van der Waals surface area contributed by atoms with Gasteiger partial charge in [0.15, 0.2) is 9.60 Å². The SMILES string of the molecule is C#Cc1cc2ccccc2[s+]1-c1ccccc1. The lowest BCUT2D eigenvalue weighted by atomic mass is 10.2. The van der Waals surface area contributed by atoms with E-state index in [0.717, 1.165) is 4.88 Å². The molecule has 17 heavy (non-hydrogen) atoms. The number of benzene rings is 2. The molecule has 80 valence electrons. The van der Waals surface area contributed by atoms with Crippen molar-refractivity contribution in [1.82, 2.24) is 0 Å². The Morgan fingerprint density at radius 2 is 1.59 bits per heavy atom. The van der Waals surface area contributed by atoms with Crippen molar-refractivity contribution in [1.29, 1.82) is 0 Å². The third kappa shape index (κ3) is 1.63. The molecule has 1 heterocycles. The van der Waals surface area contributed by atoms with Gasteiger partial charge in [-0.25, -0.2) is 0 Å². The number of hydrogen-bond donors (Lipinski definition) is 0. The summed E-state index contributed by atoms with van der Waals surface area (Å²) >= 11 is 0. The minimum Gasteiger partial charge on any atom is -0.110 e. The largest absolute Gasteiger partial charge is 0.230 e. The predicted octanol–water partition coefficient (Wildman–Crippen LogP) is 4.56. The van der Waals surface area contributed by atoms with Crippen LogP contribution in [0, 0.1) is 12.3 Å². The molecule has 1 heteroatoms. The third-order valence-corrected chi connectivity index (χ3v) is 5.00. The first-order valence-electron chi connectivity index (χ1n) is 5.47. The first-order valence-corrected chi connectivity index (χ1v) is 6.69. The summed E-state index contributed by atoms with van der Waals surface area (Å²) in [5.41, 5.74) is 0. The molecule has 0 aliphatic carbocycles. The Labute approximate surface area is 104 Å². The first-order chi connectivity index (χ1) is 8.40. The van der Waals surface area contributed by atoms with Crippen LogP contribution in [0.3, 0.4) is 0 Å². The quantitative estimate of drug-likeness (QED) is 0.428. The van der Waals surface area contributed by atoms with E-state index in [2.05, 4.69) is 60.5 Å². The van der Waals surface area contributed by atoms with Crippen molar-refractivity contribution in [3.8, 4) is 17.2 Å². The van der Waals surface area contributed by atoms with E-state index in [0.29, 0.717) is 0 Å². The summed E-state index contributed by atoms with van der Waals surface area (Å²) < 4.78 is 1.34. The molecule has 0 radical (unpaired) electrons. The fourth-order valence-electron chi connectivity index (χ4n) is 2.02. The van der Waals surface area contributed by atoms with E-state index in [-0.39, 0.29) is 10.5 Å². The maximum atomic E-state index is 5.63. The summed E-state index contributed by atoms with van der Waals surface area (Å²) in [5.74, 6) is 2.83. The van der Waals surface area contributed by atoms with E-state index in [4.69, 9.17) is 6.42 Å². The minimum absolute atomic E-state index is 0.0784. The van der Waals surface area contributed by atoms with Gasteiger partial charge >= 0.3 is 0 Å². The minimum atomic E-state index is -0.0784. The van der Waals surface area contributed by atoms with Crippen molar-refractivity contribution >= 4 is 20.6 Å². The molecule has 3 aromatic rings. The van der Waals surface area contributed by atoms with Crippen LogP contribution in [0.5, 0.6) is 0 Å². The van der Waals surface area contributed by atoms with E-state index in [9.17, 15) is 0 Å². The Balaban J connectivity index is 2.39. The molecule has 2 aromatic carbocycles. The van der Waals surface area contributed by atoms with Crippen LogP contribution < -0.4 is 0 Å². The van der Waals surface area contributed by atoms with Crippen LogP contribution in [0.2, 0.25) is 0 Å². The summed E-state index contributed by atoms with van der Waals surface area (Å²) in [6, 6.07) is 21.0. The molecule has 0 amide bonds. The highest BCUT2D eigenvalue weighted by Crippen LogP contribution is 2.43. The average Bonchev–Trinajstić information content (AvgIpc) is 2.78. The van der Waals surface area contributed by atoms with Gasteiger partial charge in [0.1, 0.15) is 0 Å². The maximum absolute atomic E-state index is 5.63. The number of rotatable bonds is 1. The van der Waals surface area contributed by atoms with Gasteiger partial charge in [-0.15, -0.1) is 6.42 Å². The van der Waals surface area contributed by atoms with E-state index >= 15 is 0 Å². The summed E-state index contributed by atoms with van der Waals surface area (Å²) in [5, 5.41) is 1.26. The second-order valence-corrected chi connectivity index (χ2v) is 5.77. The second kappa shape index (κ2) is 4.08. The van der Waals surface area contributed by atoms with E-state index in [1.165, 1.54) is 15.0 Å². The predicted molar refractivity (Wildman–Crippen MR) is 75.7 cm³/mol. The molecule has 0 aliphatic rings. The smallest absolute Gasteiger partial charge is 0.110 e.